The standard InChI is InChI=1S/C18H27NO/c1-3-16(12-13-4-5-13)19-18(14-6-7-14)15-8-10-17(20-2)11-9-15/h8-11,13-14,16,18-19H,3-7,12H2,1-2H3. The topological polar surface area (TPSA) is 21.3 Å². The van der Waals surface area contributed by atoms with Crippen molar-refractivity contribution in [1.29, 1.82) is 0 Å². The van der Waals surface area contributed by atoms with Crippen LogP contribution in [0.2, 0.25) is 0 Å². The van der Waals surface area contributed by atoms with E-state index in [1.54, 1.807) is 7.11 Å². The van der Waals surface area contributed by atoms with Gasteiger partial charge in [-0.05, 0) is 55.2 Å². The summed E-state index contributed by atoms with van der Waals surface area (Å²) >= 11 is 0. The molecule has 20 heavy (non-hydrogen) atoms. The van der Waals surface area contributed by atoms with Crippen LogP contribution in [0.25, 0.3) is 0 Å². The normalized spacial score (nSPS) is 21.5. The molecule has 0 heterocycles. The average molecular weight is 273 g/mol. The minimum absolute atomic E-state index is 0.546. The van der Waals surface area contributed by atoms with E-state index in [0.717, 1.165) is 17.6 Å². The molecule has 1 aromatic carbocycles. The van der Waals surface area contributed by atoms with Gasteiger partial charge in [0.2, 0.25) is 0 Å². The molecule has 2 unspecified atom stereocenters. The monoisotopic (exact) mass is 273 g/mol. The zero-order valence-electron chi connectivity index (χ0n) is 12.8. The molecule has 2 heteroatoms. The van der Waals surface area contributed by atoms with Crippen molar-refractivity contribution in [3.8, 4) is 5.75 Å². The van der Waals surface area contributed by atoms with Gasteiger partial charge in [-0.25, -0.2) is 0 Å². The molecule has 0 amide bonds. The molecular weight excluding hydrogens is 246 g/mol. The number of hydrogen-bond donors (Lipinski definition) is 1. The first kappa shape index (κ1) is 13.9. The first-order valence-electron chi connectivity index (χ1n) is 8.20. The van der Waals surface area contributed by atoms with Gasteiger partial charge in [0.05, 0.1) is 7.11 Å². The Morgan fingerprint density at radius 3 is 2.35 bits per heavy atom. The first-order chi connectivity index (χ1) is 9.80. The maximum absolute atomic E-state index is 5.27. The van der Waals surface area contributed by atoms with Crippen LogP contribution in [0.3, 0.4) is 0 Å². The summed E-state index contributed by atoms with van der Waals surface area (Å²) in [6.45, 7) is 2.32. The molecule has 2 aliphatic rings. The summed E-state index contributed by atoms with van der Waals surface area (Å²) in [6.07, 6.45) is 8.28. The highest BCUT2D eigenvalue weighted by Crippen LogP contribution is 2.42. The molecule has 0 saturated heterocycles. The van der Waals surface area contributed by atoms with E-state index in [9.17, 15) is 0 Å². The SMILES string of the molecule is CCC(CC1CC1)NC(c1ccc(OC)cc1)C1CC1. The van der Waals surface area contributed by atoms with Crippen LogP contribution in [0.5, 0.6) is 5.75 Å². The van der Waals surface area contributed by atoms with Gasteiger partial charge in [-0.1, -0.05) is 31.9 Å². The second kappa shape index (κ2) is 6.17. The molecular formula is C18H27NO. The van der Waals surface area contributed by atoms with Gasteiger partial charge < -0.3 is 10.1 Å². The van der Waals surface area contributed by atoms with Crippen LogP contribution in [0.1, 0.15) is 57.1 Å². The van der Waals surface area contributed by atoms with Crippen LogP contribution >= 0.6 is 0 Å². The fraction of sp³-hybridized carbons (Fsp3) is 0.667. The van der Waals surface area contributed by atoms with Crippen molar-refractivity contribution in [1.82, 2.24) is 5.32 Å². The molecule has 1 aromatic rings. The zero-order valence-corrected chi connectivity index (χ0v) is 12.8. The zero-order chi connectivity index (χ0) is 13.9. The van der Waals surface area contributed by atoms with E-state index in [1.807, 2.05) is 0 Å². The lowest BCUT2D eigenvalue weighted by Crippen LogP contribution is -2.34. The van der Waals surface area contributed by atoms with Crippen LogP contribution in [0.4, 0.5) is 0 Å². The maximum atomic E-state index is 5.27. The second-order valence-electron chi connectivity index (χ2n) is 6.54. The Balaban J connectivity index is 1.67. The van der Waals surface area contributed by atoms with Gasteiger partial charge in [0.1, 0.15) is 5.75 Å². The van der Waals surface area contributed by atoms with Crippen molar-refractivity contribution >= 4 is 0 Å². The minimum atomic E-state index is 0.546. The van der Waals surface area contributed by atoms with Gasteiger partial charge in [0.25, 0.3) is 0 Å². The Kier molecular flexibility index (Phi) is 4.30. The lowest BCUT2D eigenvalue weighted by Gasteiger charge is -2.26. The summed E-state index contributed by atoms with van der Waals surface area (Å²) in [4.78, 5) is 0. The van der Waals surface area contributed by atoms with Crippen molar-refractivity contribution in [3.05, 3.63) is 29.8 Å². The van der Waals surface area contributed by atoms with Crippen molar-refractivity contribution in [2.24, 2.45) is 11.8 Å². The van der Waals surface area contributed by atoms with Crippen molar-refractivity contribution in [2.45, 2.75) is 57.5 Å². The molecule has 0 radical (unpaired) electrons. The van der Waals surface area contributed by atoms with Crippen LogP contribution in [-0.4, -0.2) is 13.2 Å². The molecule has 0 bridgehead atoms. The predicted molar refractivity (Wildman–Crippen MR) is 83.0 cm³/mol. The molecule has 1 N–H and O–H groups in total. The Labute approximate surface area is 122 Å². The number of ether oxygens (including phenoxy) is 1. The molecule has 0 aliphatic heterocycles. The lowest BCUT2D eigenvalue weighted by molar-refractivity contribution is 0.365. The predicted octanol–water partition coefficient (Wildman–Crippen LogP) is 4.31. The van der Waals surface area contributed by atoms with Crippen molar-refractivity contribution in [3.63, 3.8) is 0 Å². The van der Waals surface area contributed by atoms with Gasteiger partial charge in [0.15, 0.2) is 0 Å². The quantitative estimate of drug-likeness (QED) is 0.762. The van der Waals surface area contributed by atoms with Crippen LogP contribution in [0.15, 0.2) is 24.3 Å². The number of nitrogens with one attached hydrogen (secondary N) is 1. The number of benzene rings is 1. The number of hydrogen-bond acceptors (Lipinski definition) is 2. The maximum Gasteiger partial charge on any atom is 0.118 e. The summed E-state index contributed by atoms with van der Waals surface area (Å²) in [5.41, 5.74) is 1.43. The van der Waals surface area contributed by atoms with E-state index in [0.29, 0.717) is 12.1 Å². The van der Waals surface area contributed by atoms with Gasteiger partial charge in [-0.15, -0.1) is 0 Å². The Morgan fingerprint density at radius 1 is 1.15 bits per heavy atom. The summed E-state index contributed by atoms with van der Waals surface area (Å²) in [5.74, 6) is 2.80. The molecule has 110 valence electrons. The summed E-state index contributed by atoms with van der Waals surface area (Å²) in [5, 5.41) is 3.95. The van der Waals surface area contributed by atoms with Crippen LogP contribution < -0.4 is 10.1 Å². The largest absolute Gasteiger partial charge is 0.497 e. The Morgan fingerprint density at radius 2 is 1.85 bits per heavy atom. The van der Waals surface area contributed by atoms with E-state index in [-0.39, 0.29) is 0 Å². The summed E-state index contributed by atoms with van der Waals surface area (Å²) in [7, 11) is 1.73. The molecule has 3 rings (SSSR count). The molecule has 2 nitrogen and oxygen atoms in total. The van der Waals surface area contributed by atoms with Crippen molar-refractivity contribution in [2.75, 3.05) is 7.11 Å². The van der Waals surface area contributed by atoms with E-state index in [4.69, 9.17) is 4.74 Å². The average Bonchev–Trinajstić information content (AvgIpc) is 3.37. The highest BCUT2D eigenvalue weighted by Gasteiger charge is 2.34. The van der Waals surface area contributed by atoms with Gasteiger partial charge in [-0.3, -0.25) is 0 Å². The van der Waals surface area contributed by atoms with Gasteiger partial charge >= 0.3 is 0 Å². The summed E-state index contributed by atoms with van der Waals surface area (Å²) in [6, 6.07) is 9.89. The lowest BCUT2D eigenvalue weighted by atomic mass is 9.99. The Hall–Kier alpha value is -1.02. The first-order valence-corrected chi connectivity index (χ1v) is 8.20. The van der Waals surface area contributed by atoms with Crippen LogP contribution in [0, 0.1) is 11.8 Å². The van der Waals surface area contributed by atoms with E-state index < -0.39 is 0 Å². The van der Waals surface area contributed by atoms with Crippen LogP contribution in [-0.2, 0) is 0 Å². The van der Waals surface area contributed by atoms with E-state index >= 15 is 0 Å². The third-order valence-corrected chi connectivity index (χ3v) is 4.79. The van der Waals surface area contributed by atoms with Crippen molar-refractivity contribution < 1.29 is 4.74 Å². The van der Waals surface area contributed by atoms with Gasteiger partial charge in [0, 0.05) is 12.1 Å². The summed E-state index contributed by atoms with van der Waals surface area (Å²) < 4.78 is 5.27. The van der Waals surface area contributed by atoms with Gasteiger partial charge in [-0.2, -0.15) is 0 Å². The fourth-order valence-corrected chi connectivity index (χ4v) is 3.11. The fourth-order valence-electron chi connectivity index (χ4n) is 3.11. The molecule has 2 atom stereocenters. The minimum Gasteiger partial charge on any atom is -0.497 e. The third kappa shape index (κ3) is 3.54. The molecule has 0 aromatic heterocycles. The van der Waals surface area contributed by atoms with E-state index in [1.165, 1.54) is 44.1 Å². The number of rotatable bonds is 8. The molecule has 2 aliphatic carbocycles. The Bertz CT molecular complexity index is 420. The highest BCUT2D eigenvalue weighted by atomic mass is 16.5. The smallest absolute Gasteiger partial charge is 0.118 e. The molecule has 2 fully saturated rings. The van der Waals surface area contributed by atoms with E-state index in [2.05, 4.69) is 36.5 Å². The number of methoxy groups -OCH3 is 1. The third-order valence-electron chi connectivity index (χ3n) is 4.79. The molecule has 0 spiro atoms. The highest BCUT2D eigenvalue weighted by molar-refractivity contribution is 5.30. The molecule has 2 saturated carbocycles. The second-order valence-corrected chi connectivity index (χ2v) is 6.54.